The van der Waals surface area contributed by atoms with Gasteiger partial charge in [0.25, 0.3) is 0 Å². The molecule has 0 saturated carbocycles. The van der Waals surface area contributed by atoms with E-state index in [1.807, 2.05) is 0 Å². The first kappa shape index (κ1) is 30.4. The fourth-order valence-electron chi connectivity index (χ4n) is 0. The summed E-state index contributed by atoms with van der Waals surface area (Å²) in [5, 5.41) is 0. The van der Waals surface area contributed by atoms with Crippen molar-refractivity contribution in [2.75, 3.05) is 0 Å². The van der Waals surface area contributed by atoms with E-state index in [1.54, 1.807) is 0 Å². The van der Waals surface area contributed by atoms with E-state index in [0.717, 1.165) is 0 Å². The zero-order valence-electron chi connectivity index (χ0n) is 2.15. The molecule has 0 heterocycles. The van der Waals surface area contributed by atoms with Crippen molar-refractivity contribution in [3.8, 4) is 0 Å². The van der Waals surface area contributed by atoms with Crippen LogP contribution < -0.4 is 68.9 Å². The van der Waals surface area contributed by atoms with Gasteiger partial charge in [-0.15, -0.1) is 0 Å². The molecular formula is CsIrO2. The van der Waals surface area contributed by atoms with Crippen molar-refractivity contribution >= 4 is 0 Å². The predicted molar refractivity (Wildman–Crippen MR) is 1.37 cm³/mol. The second kappa shape index (κ2) is 17.5. The topological polar surface area (TPSA) is 57.0 Å². The third-order valence-electron chi connectivity index (χ3n) is 0. The molecule has 0 N–H and O–H groups in total. The van der Waals surface area contributed by atoms with Crippen LogP contribution in [0, 0.1) is 0 Å². The van der Waals surface area contributed by atoms with Crippen molar-refractivity contribution in [1.29, 1.82) is 0 Å². The number of hydrogen-bond acceptors (Lipinski definition) is 0. The Hall–Kier alpha value is 2.62. The monoisotopic (exact) mass is 358 g/mol. The summed E-state index contributed by atoms with van der Waals surface area (Å²) in [7, 11) is 0. The second-order valence-electron chi connectivity index (χ2n) is 0. The van der Waals surface area contributed by atoms with Gasteiger partial charge in [0.05, 0.1) is 0 Å². The summed E-state index contributed by atoms with van der Waals surface area (Å²) in [6, 6.07) is 0. The Balaban J connectivity index is 0. The van der Waals surface area contributed by atoms with Crippen LogP contribution >= 0.6 is 0 Å². The van der Waals surface area contributed by atoms with E-state index in [4.69, 9.17) is 0 Å². The van der Waals surface area contributed by atoms with Crippen LogP contribution in [0.2, 0.25) is 0 Å². The molecule has 0 aliphatic heterocycles. The molecular weight excluding hydrogens is 357 g/mol. The van der Waals surface area contributed by atoms with E-state index >= 15 is 0 Å². The fourth-order valence-corrected chi connectivity index (χ4v) is 0. The molecule has 0 spiro atoms. The number of hydrogen-bond donors (Lipinski definition) is 0. The summed E-state index contributed by atoms with van der Waals surface area (Å²) in [6.45, 7) is 0. The Kier molecular flexibility index (Phi) is 133. The molecule has 0 aromatic heterocycles. The van der Waals surface area contributed by atoms with Crippen LogP contribution in [-0.4, -0.2) is 0 Å². The zero-order valence-corrected chi connectivity index (χ0v) is 10.8. The van der Waals surface area contributed by atoms with Crippen molar-refractivity contribution in [2.45, 2.75) is 0 Å². The van der Waals surface area contributed by atoms with E-state index in [2.05, 4.69) is 0 Å². The summed E-state index contributed by atoms with van der Waals surface area (Å²) in [5.41, 5.74) is 0. The van der Waals surface area contributed by atoms with Gasteiger partial charge < -0.3 is 11.0 Å². The van der Waals surface area contributed by atoms with Gasteiger partial charge in [-0.2, -0.15) is 0 Å². The average molecular weight is 357 g/mol. The summed E-state index contributed by atoms with van der Waals surface area (Å²) in [5.74, 6) is 0. The molecule has 0 atom stereocenters. The van der Waals surface area contributed by atoms with Gasteiger partial charge in [-0.25, -0.2) is 0 Å². The molecule has 4 heteroatoms. The van der Waals surface area contributed by atoms with Gasteiger partial charge in [0.15, 0.2) is 0 Å². The van der Waals surface area contributed by atoms with Crippen LogP contribution in [0.5, 0.6) is 0 Å². The minimum absolute atomic E-state index is 0. The maximum absolute atomic E-state index is 0. The summed E-state index contributed by atoms with van der Waals surface area (Å²) >= 11 is 0. The van der Waals surface area contributed by atoms with Crippen LogP contribution in [0.25, 0.3) is 0 Å². The van der Waals surface area contributed by atoms with Gasteiger partial charge in [0, 0.05) is 0 Å². The van der Waals surface area contributed by atoms with Gasteiger partial charge in [-0.3, -0.25) is 0 Å². The molecule has 0 amide bonds. The molecule has 0 aliphatic rings. The zero-order chi connectivity index (χ0) is 0. The molecule has 4 heavy (non-hydrogen) atoms. The normalized spacial score (nSPS) is 0. The van der Waals surface area contributed by atoms with Gasteiger partial charge in [0.1, 0.15) is 0 Å². The van der Waals surface area contributed by atoms with E-state index < -0.39 is 0 Å². The van der Waals surface area contributed by atoms with Gasteiger partial charge >= 0.3 is 89.0 Å². The first-order chi connectivity index (χ1) is 0. The Bertz CT molecular complexity index is 6.00. The molecule has 0 aromatic carbocycles. The van der Waals surface area contributed by atoms with Crippen LogP contribution in [0.1, 0.15) is 0 Å². The van der Waals surface area contributed by atoms with Crippen molar-refractivity contribution in [1.82, 2.24) is 0 Å². The molecule has 2 nitrogen and oxygen atoms in total. The van der Waals surface area contributed by atoms with Gasteiger partial charge in [0.2, 0.25) is 0 Å². The van der Waals surface area contributed by atoms with E-state index in [9.17, 15) is 0 Å². The van der Waals surface area contributed by atoms with Crippen molar-refractivity contribution in [3.05, 3.63) is 0 Å². The molecule has 0 rings (SSSR count). The predicted octanol–water partition coefficient (Wildman–Crippen LogP) is -3.24. The summed E-state index contributed by atoms with van der Waals surface area (Å²) in [6.07, 6.45) is 0. The van der Waals surface area contributed by atoms with E-state index in [0.29, 0.717) is 0 Å². The molecule has 22 valence electrons. The molecule has 0 bridgehead atoms. The smallest absolute Gasteiger partial charge is 2.00 e. The molecule has 0 aliphatic carbocycles. The van der Waals surface area contributed by atoms with Crippen molar-refractivity contribution < 1.29 is 100.0 Å². The van der Waals surface area contributed by atoms with Crippen LogP contribution in [0.3, 0.4) is 0 Å². The number of rotatable bonds is 0. The van der Waals surface area contributed by atoms with Crippen molar-refractivity contribution in [3.63, 3.8) is 0 Å². The molecule has 0 aromatic rings. The Morgan fingerprint density at radius 2 is 0.750 bits per heavy atom. The first-order valence-corrected chi connectivity index (χ1v) is 0. The van der Waals surface area contributed by atoms with Crippen LogP contribution in [0.4, 0.5) is 0 Å². The third-order valence-corrected chi connectivity index (χ3v) is 0. The maximum Gasteiger partial charge on any atom is 3.00 e. The Morgan fingerprint density at radius 3 is 0.750 bits per heavy atom. The third kappa shape index (κ3) is 8.82. The molecule has 0 saturated heterocycles. The van der Waals surface area contributed by atoms with Crippen LogP contribution in [0.15, 0.2) is 0 Å². The average Bonchev–Trinajstić information content (AvgIpc) is 0. The molecule has 0 fully saturated rings. The Labute approximate surface area is 97.1 Å². The van der Waals surface area contributed by atoms with Gasteiger partial charge in [-0.05, 0) is 0 Å². The minimum Gasteiger partial charge on any atom is -2.00 e. The molecule has 0 radical (unpaired) electrons. The SMILES string of the molecule is [Cs+].[Ir+3].[O-2].[O-2]. The van der Waals surface area contributed by atoms with E-state index in [1.165, 1.54) is 0 Å². The van der Waals surface area contributed by atoms with E-state index in [-0.39, 0.29) is 100.0 Å². The second-order valence-corrected chi connectivity index (χ2v) is 0. The van der Waals surface area contributed by atoms with Crippen LogP contribution in [-0.2, 0) is 31.1 Å². The largest absolute Gasteiger partial charge is 3.00 e. The summed E-state index contributed by atoms with van der Waals surface area (Å²) < 4.78 is 0. The summed E-state index contributed by atoms with van der Waals surface area (Å²) in [4.78, 5) is 0. The minimum atomic E-state index is 0. The van der Waals surface area contributed by atoms with Gasteiger partial charge in [-0.1, -0.05) is 0 Å². The van der Waals surface area contributed by atoms with Crippen molar-refractivity contribution in [2.24, 2.45) is 0 Å². The first-order valence-electron chi connectivity index (χ1n) is 0. The quantitative estimate of drug-likeness (QED) is 0.438. The maximum atomic E-state index is 0. The standard InChI is InChI=1S/Cs.Ir.2O/q+1;+3;2*-2. The molecule has 0 unspecified atom stereocenters. The fraction of sp³-hybridized carbons (Fsp3) is 0. The Morgan fingerprint density at radius 1 is 0.750 bits per heavy atom.